The molecule has 0 heterocycles. The van der Waals surface area contributed by atoms with Crippen LogP contribution in [0.15, 0.2) is 34.7 Å². The Balaban J connectivity index is 0.000000246. The molecule has 0 bridgehead atoms. The van der Waals surface area contributed by atoms with Crippen molar-refractivity contribution in [3.05, 3.63) is 41.0 Å². The number of aryl methyl sites for hydroxylation is 1. The first-order chi connectivity index (χ1) is 12.4. The highest BCUT2D eigenvalue weighted by molar-refractivity contribution is 7.98. The minimum Gasteiger partial charge on any atom is -0.323 e. The van der Waals surface area contributed by atoms with E-state index in [9.17, 15) is 13.2 Å². The molecular formula is C20H23F3OS2. The van der Waals surface area contributed by atoms with Crippen LogP contribution in [0.25, 0.3) is 0 Å². The van der Waals surface area contributed by atoms with Gasteiger partial charge in [0, 0.05) is 4.90 Å². The van der Waals surface area contributed by atoms with Crippen molar-refractivity contribution < 1.29 is 17.7 Å². The maximum atomic E-state index is 10.5. The highest BCUT2D eigenvalue weighted by Gasteiger charge is 2.62. The lowest BCUT2D eigenvalue weighted by molar-refractivity contribution is -0.0376. The Labute approximate surface area is 161 Å². The molecule has 142 valence electrons. The predicted octanol–water partition coefficient (Wildman–Crippen LogP) is 6.90. The third-order valence-corrected chi connectivity index (χ3v) is 7.82. The van der Waals surface area contributed by atoms with Crippen LogP contribution in [0.5, 0.6) is 0 Å². The first-order valence-electron chi connectivity index (χ1n) is 9.13. The van der Waals surface area contributed by atoms with Gasteiger partial charge in [0.05, 0.1) is 0 Å². The lowest BCUT2D eigenvalue weighted by atomic mass is 9.59. The zero-order chi connectivity index (χ0) is 18.5. The maximum absolute atomic E-state index is 10.5. The fourth-order valence-electron chi connectivity index (χ4n) is 5.76. The molecule has 0 radical (unpaired) electrons. The zero-order valence-electron chi connectivity index (χ0n) is 14.7. The van der Waals surface area contributed by atoms with Crippen molar-refractivity contribution in [1.29, 1.82) is 0 Å². The van der Waals surface area contributed by atoms with Crippen LogP contribution in [0.3, 0.4) is 0 Å². The molecule has 2 fully saturated rings. The van der Waals surface area contributed by atoms with E-state index in [2.05, 4.69) is 30.5 Å². The summed E-state index contributed by atoms with van der Waals surface area (Å²) in [5.41, 5.74) is 1.45. The molecule has 4 unspecified atom stereocenters. The average Bonchev–Trinajstić information content (AvgIpc) is 3.21. The Morgan fingerprint density at radius 2 is 2.00 bits per heavy atom. The number of thioether (sulfide) groups is 1. The normalized spacial score (nSPS) is 33.7. The van der Waals surface area contributed by atoms with Crippen LogP contribution in [0.4, 0.5) is 13.2 Å². The van der Waals surface area contributed by atoms with Gasteiger partial charge in [0.25, 0.3) is 0 Å². The molecule has 2 saturated carbocycles. The Morgan fingerprint density at radius 1 is 1.23 bits per heavy atom. The Kier molecular flexibility index (Phi) is 4.89. The van der Waals surface area contributed by atoms with Crippen LogP contribution in [-0.2, 0) is 6.42 Å². The van der Waals surface area contributed by atoms with E-state index in [0.717, 1.165) is 23.2 Å². The van der Waals surface area contributed by atoms with Gasteiger partial charge < -0.3 is 4.55 Å². The van der Waals surface area contributed by atoms with Gasteiger partial charge in [-0.2, -0.15) is 13.2 Å². The number of rotatable bonds is 1. The minimum absolute atomic E-state index is 0.720. The van der Waals surface area contributed by atoms with E-state index in [-0.39, 0.29) is 0 Å². The molecule has 1 spiro atoms. The first kappa shape index (κ1) is 18.8. The van der Waals surface area contributed by atoms with Crippen molar-refractivity contribution in [2.45, 2.75) is 54.8 Å². The number of fused-ring (bicyclic) bond motifs is 4. The topological polar surface area (TPSA) is 20.2 Å². The summed E-state index contributed by atoms with van der Waals surface area (Å²) in [5.74, 6) is 2.86. The van der Waals surface area contributed by atoms with Gasteiger partial charge in [-0.15, -0.1) is 11.8 Å². The molecule has 5 rings (SSSR count). The highest BCUT2D eigenvalue weighted by atomic mass is 32.2. The van der Waals surface area contributed by atoms with Crippen molar-refractivity contribution >= 4 is 23.8 Å². The quantitative estimate of drug-likeness (QED) is 0.315. The fourth-order valence-corrected chi connectivity index (χ4v) is 6.22. The molecule has 1 nitrogen and oxygen atoms in total. The summed E-state index contributed by atoms with van der Waals surface area (Å²) in [6, 6.07) is 7.29. The number of allylic oxidation sites excluding steroid dienone is 2. The summed E-state index contributed by atoms with van der Waals surface area (Å²) in [4.78, 5) is 1.45. The van der Waals surface area contributed by atoms with E-state index in [1.807, 2.05) is 17.3 Å². The van der Waals surface area contributed by atoms with Crippen LogP contribution in [-0.4, -0.2) is 16.3 Å². The molecule has 6 heteroatoms. The summed E-state index contributed by atoms with van der Waals surface area (Å²) >= 11 is 0.766. The number of hydrogen-bond acceptors (Lipinski definition) is 3. The number of benzene rings is 1. The second kappa shape index (κ2) is 6.78. The summed E-state index contributed by atoms with van der Waals surface area (Å²) in [6.45, 7) is 0. The number of alkyl halides is 3. The second-order valence-electron chi connectivity index (χ2n) is 7.85. The van der Waals surface area contributed by atoms with Gasteiger partial charge in [-0.3, -0.25) is 0 Å². The van der Waals surface area contributed by atoms with Gasteiger partial charge in [0.2, 0.25) is 0 Å². The second-order valence-corrected chi connectivity index (χ2v) is 9.38. The Bertz CT molecular complexity index is 730. The van der Waals surface area contributed by atoms with Crippen LogP contribution in [0.1, 0.15) is 49.1 Å². The van der Waals surface area contributed by atoms with Crippen molar-refractivity contribution in [2.24, 2.45) is 17.3 Å². The van der Waals surface area contributed by atoms with E-state index in [1.165, 1.54) is 43.4 Å². The Morgan fingerprint density at radius 3 is 2.65 bits per heavy atom. The van der Waals surface area contributed by atoms with E-state index in [1.54, 1.807) is 11.1 Å². The summed E-state index contributed by atoms with van der Waals surface area (Å²) < 4.78 is 38.7. The van der Waals surface area contributed by atoms with Crippen LogP contribution >= 0.6 is 23.8 Å². The van der Waals surface area contributed by atoms with Gasteiger partial charge in [-0.25, -0.2) is 0 Å². The molecular weight excluding hydrogens is 377 g/mol. The third-order valence-electron chi connectivity index (χ3n) is 6.88. The molecule has 4 atom stereocenters. The molecule has 4 aliphatic rings. The Hall–Kier alpha value is -0.590. The van der Waals surface area contributed by atoms with E-state index < -0.39 is 17.6 Å². The van der Waals surface area contributed by atoms with Gasteiger partial charge >= 0.3 is 5.51 Å². The van der Waals surface area contributed by atoms with Gasteiger partial charge in [-0.05, 0) is 91.2 Å². The molecule has 26 heavy (non-hydrogen) atoms. The predicted molar refractivity (Wildman–Crippen MR) is 102 cm³/mol. The SMILES string of the molecule is CSc1ccc2c(c1)CCC1C2CCC23CC2=CCC13.OSC(F)(F)F. The zero-order valence-corrected chi connectivity index (χ0v) is 16.3. The van der Waals surface area contributed by atoms with Gasteiger partial charge in [0.15, 0.2) is 0 Å². The van der Waals surface area contributed by atoms with Crippen LogP contribution in [0.2, 0.25) is 0 Å². The minimum atomic E-state index is -4.49. The average molecular weight is 401 g/mol. The third kappa shape index (κ3) is 3.22. The van der Waals surface area contributed by atoms with Crippen LogP contribution < -0.4 is 0 Å². The summed E-state index contributed by atoms with van der Waals surface area (Å²) in [6.07, 6.45) is 13.3. The molecule has 0 aliphatic heterocycles. The first-order valence-corrected chi connectivity index (χ1v) is 11.1. The molecule has 1 N–H and O–H groups in total. The standard InChI is InChI=1S/C19H22S.CHF3OS/c1-20-14-4-6-15-12(10-14)2-5-17-16(15)8-9-19-11-13(19)3-7-18(17)19;2-1(3,4)6-5/h3-4,6,10,16-18H,2,5,7-9,11H2,1H3;5H. The largest absolute Gasteiger partial charge is 0.467 e. The van der Waals surface area contributed by atoms with Crippen molar-refractivity contribution in [3.8, 4) is 0 Å². The summed E-state index contributed by atoms with van der Waals surface area (Å²) in [7, 11) is 0. The molecule has 0 aromatic heterocycles. The molecule has 0 amide bonds. The number of hydrogen-bond donors (Lipinski definition) is 1. The van der Waals surface area contributed by atoms with Gasteiger partial charge in [0.1, 0.15) is 12.0 Å². The van der Waals surface area contributed by atoms with E-state index >= 15 is 0 Å². The van der Waals surface area contributed by atoms with Gasteiger partial charge in [-0.1, -0.05) is 17.7 Å². The highest BCUT2D eigenvalue weighted by Crippen LogP contribution is 2.72. The van der Waals surface area contributed by atoms with Crippen molar-refractivity contribution in [3.63, 3.8) is 0 Å². The lowest BCUT2D eigenvalue weighted by Gasteiger charge is -2.45. The molecule has 1 aromatic carbocycles. The molecule has 4 aliphatic carbocycles. The monoisotopic (exact) mass is 400 g/mol. The lowest BCUT2D eigenvalue weighted by Crippen LogP contribution is -2.36. The van der Waals surface area contributed by atoms with Crippen molar-refractivity contribution in [2.75, 3.05) is 6.26 Å². The van der Waals surface area contributed by atoms with Crippen LogP contribution in [0, 0.1) is 17.3 Å². The smallest absolute Gasteiger partial charge is 0.323 e. The molecule has 1 aromatic rings. The fraction of sp³-hybridized carbons (Fsp3) is 0.600. The number of halogens is 3. The maximum Gasteiger partial charge on any atom is 0.467 e. The van der Waals surface area contributed by atoms with E-state index in [0.29, 0.717) is 0 Å². The molecule has 0 saturated heterocycles. The van der Waals surface area contributed by atoms with E-state index in [4.69, 9.17) is 4.55 Å². The summed E-state index contributed by atoms with van der Waals surface area (Å²) in [5, 5.41) is 0. The van der Waals surface area contributed by atoms with Crippen molar-refractivity contribution in [1.82, 2.24) is 0 Å².